The second-order valence-corrected chi connectivity index (χ2v) is 4.54. The third-order valence-electron chi connectivity index (χ3n) is 2.69. The molecule has 0 fully saturated rings. The molecule has 1 amide bonds. The van der Waals surface area contributed by atoms with Gasteiger partial charge in [-0.15, -0.1) is 0 Å². The molecule has 0 aliphatic carbocycles. The first-order chi connectivity index (χ1) is 9.20. The number of aryl methyl sites for hydroxylation is 1. The third-order valence-corrected chi connectivity index (χ3v) is 2.69. The minimum atomic E-state index is -0.0240. The highest BCUT2D eigenvalue weighted by Crippen LogP contribution is 2.02. The largest absolute Gasteiger partial charge is 0.379 e. The first-order valence-corrected chi connectivity index (χ1v) is 6.59. The molecule has 1 aromatic rings. The number of benzene rings is 1. The van der Waals surface area contributed by atoms with Crippen LogP contribution in [0.1, 0.15) is 12.0 Å². The Labute approximate surface area is 115 Å². The topological polar surface area (TPSA) is 38.8 Å². The van der Waals surface area contributed by atoms with Crippen molar-refractivity contribution in [1.29, 1.82) is 0 Å². The van der Waals surface area contributed by atoms with E-state index in [2.05, 4.69) is 12.1 Å². The summed E-state index contributed by atoms with van der Waals surface area (Å²) in [6.45, 7) is 1.85. The van der Waals surface area contributed by atoms with Crippen LogP contribution in [0.2, 0.25) is 0 Å². The molecule has 0 aromatic heterocycles. The fraction of sp³-hybridized carbons (Fsp3) is 0.533. The number of amides is 1. The lowest BCUT2D eigenvalue weighted by molar-refractivity contribution is -0.134. The van der Waals surface area contributed by atoms with Crippen molar-refractivity contribution in [3.05, 3.63) is 35.9 Å². The highest BCUT2D eigenvalue weighted by molar-refractivity contribution is 5.76. The molecule has 4 nitrogen and oxygen atoms in total. The standard InChI is InChI=1S/C15H23NO3/c1-16(2)15(17)13-19-12-11-18-10-6-9-14-7-4-3-5-8-14/h3-5,7-8H,6,9-13H2,1-2H3. The lowest BCUT2D eigenvalue weighted by atomic mass is 10.1. The van der Waals surface area contributed by atoms with Crippen LogP contribution < -0.4 is 0 Å². The van der Waals surface area contributed by atoms with Gasteiger partial charge >= 0.3 is 0 Å². The predicted molar refractivity (Wildman–Crippen MR) is 75.1 cm³/mol. The Kier molecular flexibility index (Phi) is 7.86. The van der Waals surface area contributed by atoms with E-state index in [4.69, 9.17) is 9.47 Å². The summed E-state index contributed by atoms with van der Waals surface area (Å²) < 4.78 is 10.7. The highest BCUT2D eigenvalue weighted by atomic mass is 16.5. The van der Waals surface area contributed by atoms with E-state index in [1.807, 2.05) is 18.2 Å². The number of nitrogens with zero attached hydrogens (tertiary/aromatic N) is 1. The number of carbonyl (C=O) groups is 1. The molecule has 19 heavy (non-hydrogen) atoms. The Morgan fingerprint density at radius 2 is 1.74 bits per heavy atom. The maximum Gasteiger partial charge on any atom is 0.248 e. The summed E-state index contributed by atoms with van der Waals surface area (Å²) in [5.41, 5.74) is 1.33. The predicted octanol–water partition coefficient (Wildman–Crippen LogP) is 1.74. The Hall–Kier alpha value is -1.39. The van der Waals surface area contributed by atoms with Gasteiger partial charge in [-0.1, -0.05) is 30.3 Å². The van der Waals surface area contributed by atoms with Crippen molar-refractivity contribution >= 4 is 5.91 Å². The summed E-state index contributed by atoms with van der Waals surface area (Å²) in [6.07, 6.45) is 2.03. The van der Waals surface area contributed by atoms with Gasteiger partial charge in [0.2, 0.25) is 5.91 Å². The van der Waals surface area contributed by atoms with Crippen molar-refractivity contribution in [2.75, 3.05) is 40.5 Å². The van der Waals surface area contributed by atoms with E-state index in [1.54, 1.807) is 14.1 Å². The van der Waals surface area contributed by atoms with Crippen molar-refractivity contribution < 1.29 is 14.3 Å². The van der Waals surface area contributed by atoms with E-state index in [0.717, 1.165) is 19.4 Å². The van der Waals surface area contributed by atoms with Crippen LogP contribution in [0.3, 0.4) is 0 Å². The molecule has 0 saturated carbocycles. The van der Waals surface area contributed by atoms with Crippen LogP contribution in [0.15, 0.2) is 30.3 Å². The number of hydrogen-bond acceptors (Lipinski definition) is 3. The van der Waals surface area contributed by atoms with E-state index in [0.29, 0.717) is 13.2 Å². The number of rotatable bonds is 9. The SMILES string of the molecule is CN(C)C(=O)COCCOCCCc1ccccc1. The molecule has 0 radical (unpaired) electrons. The molecule has 0 heterocycles. The van der Waals surface area contributed by atoms with Gasteiger partial charge in [-0.3, -0.25) is 4.79 Å². The van der Waals surface area contributed by atoms with Gasteiger partial charge in [-0.2, -0.15) is 0 Å². The van der Waals surface area contributed by atoms with Crippen molar-refractivity contribution in [3.63, 3.8) is 0 Å². The van der Waals surface area contributed by atoms with E-state index >= 15 is 0 Å². The Morgan fingerprint density at radius 3 is 2.42 bits per heavy atom. The van der Waals surface area contributed by atoms with Gasteiger partial charge in [-0.05, 0) is 18.4 Å². The summed E-state index contributed by atoms with van der Waals surface area (Å²) in [4.78, 5) is 12.7. The summed E-state index contributed by atoms with van der Waals surface area (Å²) in [5.74, 6) is -0.0240. The van der Waals surface area contributed by atoms with Crippen LogP contribution in [0, 0.1) is 0 Å². The molecule has 106 valence electrons. The number of carbonyl (C=O) groups excluding carboxylic acids is 1. The fourth-order valence-corrected chi connectivity index (χ4v) is 1.53. The maximum absolute atomic E-state index is 11.2. The van der Waals surface area contributed by atoms with Gasteiger partial charge in [0.25, 0.3) is 0 Å². The molecular formula is C15H23NO3. The summed E-state index contributed by atoms with van der Waals surface area (Å²) in [5, 5.41) is 0. The van der Waals surface area contributed by atoms with Crippen LogP contribution >= 0.6 is 0 Å². The minimum absolute atomic E-state index is 0.0240. The second-order valence-electron chi connectivity index (χ2n) is 4.54. The third kappa shape index (κ3) is 7.59. The van der Waals surface area contributed by atoms with Gasteiger partial charge in [0, 0.05) is 20.7 Å². The average molecular weight is 265 g/mol. The molecule has 0 atom stereocenters. The quantitative estimate of drug-likeness (QED) is 0.638. The smallest absolute Gasteiger partial charge is 0.248 e. The average Bonchev–Trinajstić information content (AvgIpc) is 2.42. The highest BCUT2D eigenvalue weighted by Gasteiger charge is 2.02. The zero-order valence-electron chi connectivity index (χ0n) is 11.8. The van der Waals surface area contributed by atoms with Crippen LogP contribution in [-0.2, 0) is 20.7 Å². The number of likely N-dealkylation sites (N-methyl/N-ethyl adjacent to an activating group) is 1. The fourth-order valence-electron chi connectivity index (χ4n) is 1.53. The zero-order valence-corrected chi connectivity index (χ0v) is 11.8. The van der Waals surface area contributed by atoms with E-state index in [1.165, 1.54) is 10.5 Å². The Bertz CT molecular complexity index is 352. The van der Waals surface area contributed by atoms with Crippen LogP contribution in [-0.4, -0.2) is 51.3 Å². The molecule has 1 rings (SSSR count). The van der Waals surface area contributed by atoms with Crippen molar-refractivity contribution in [1.82, 2.24) is 4.90 Å². The normalized spacial score (nSPS) is 10.4. The lowest BCUT2D eigenvalue weighted by Crippen LogP contribution is -2.26. The van der Waals surface area contributed by atoms with Crippen LogP contribution in [0.25, 0.3) is 0 Å². The molecule has 0 spiro atoms. The van der Waals surface area contributed by atoms with Crippen molar-refractivity contribution in [3.8, 4) is 0 Å². The molecule has 1 aromatic carbocycles. The molecule has 0 aliphatic heterocycles. The van der Waals surface area contributed by atoms with Crippen LogP contribution in [0.5, 0.6) is 0 Å². The lowest BCUT2D eigenvalue weighted by Gasteiger charge is -2.10. The van der Waals surface area contributed by atoms with E-state index in [9.17, 15) is 4.79 Å². The molecule has 0 saturated heterocycles. The summed E-state index contributed by atoms with van der Waals surface area (Å²) >= 11 is 0. The number of hydrogen-bond donors (Lipinski definition) is 0. The number of ether oxygens (including phenoxy) is 2. The molecule has 4 heteroatoms. The molecule has 0 N–H and O–H groups in total. The van der Waals surface area contributed by atoms with Crippen molar-refractivity contribution in [2.24, 2.45) is 0 Å². The maximum atomic E-state index is 11.2. The first-order valence-electron chi connectivity index (χ1n) is 6.59. The zero-order chi connectivity index (χ0) is 13.9. The van der Waals surface area contributed by atoms with Crippen molar-refractivity contribution in [2.45, 2.75) is 12.8 Å². The van der Waals surface area contributed by atoms with Gasteiger partial charge in [-0.25, -0.2) is 0 Å². The molecule has 0 aliphatic rings. The Balaban J connectivity index is 1.90. The molecular weight excluding hydrogens is 242 g/mol. The van der Waals surface area contributed by atoms with E-state index < -0.39 is 0 Å². The van der Waals surface area contributed by atoms with E-state index in [-0.39, 0.29) is 12.5 Å². The second kappa shape index (κ2) is 9.53. The van der Waals surface area contributed by atoms with Gasteiger partial charge in [0.1, 0.15) is 6.61 Å². The minimum Gasteiger partial charge on any atom is -0.379 e. The van der Waals surface area contributed by atoms with Gasteiger partial charge in [0.05, 0.1) is 13.2 Å². The first kappa shape index (κ1) is 15.7. The van der Waals surface area contributed by atoms with Gasteiger partial charge < -0.3 is 14.4 Å². The molecule has 0 unspecified atom stereocenters. The van der Waals surface area contributed by atoms with Crippen LogP contribution in [0.4, 0.5) is 0 Å². The summed E-state index contributed by atoms with van der Waals surface area (Å²) in [7, 11) is 3.43. The van der Waals surface area contributed by atoms with Gasteiger partial charge in [0.15, 0.2) is 0 Å². The molecule has 0 bridgehead atoms. The Morgan fingerprint density at radius 1 is 1.05 bits per heavy atom. The summed E-state index contributed by atoms with van der Waals surface area (Å²) in [6, 6.07) is 10.4. The monoisotopic (exact) mass is 265 g/mol.